The normalized spacial score (nSPS) is 12.8. The average molecular weight is 1110 g/mol. The number of carbonyl (C=O) groups excluding carboxylic acids is 2. The van der Waals surface area contributed by atoms with Gasteiger partial charge in [-0.05, 0) is 89.9 Å². The summed E-state index contributed by atoms with van der Waals surface area (Å²) in [6.45, 7) is 4.95. The number of hydrogen-bond donors (Lipinski definition) is 3. The van der Waals surface area contributed by atoms with Gasteiger partial charge in [-0.15, -0.1) is 0 Å². The van der Waals surface area contributed by atoms with E-state index in [1.54, 1.807) is 0 Å². The molecule has 0 heterocycles. The number of rotatable bonds is 66. The smallest absolute Gasteiger partial charge is 0.305 e. The number of nitrogens with one attached hydrogen (secondary N) is 1. The average Bonchev–Trinajstić information content (AvgIpc) is 3.45. The van der Waals surface area contributed by atoms with Crippen LogP contribution in [0.15, 0.2) is 48.6 Å². The second-order valence-electron chi connectivity index (χ2n) is 24.2. The van der Waals surface area contributed by atoms with E-state index in [1.165, 1.54) is 289 Å². The molecule has 0 aliphatic rings. The van der Waals surface area contributed by atoms with Gasteiger partial charge in [0, 0.05) is 12.8 Å². The van der Waals surface area contributed by atoms with Crippen LogP contribution in [-0.4, -0.2) is 47.4 Å². The minimum Gasteiger partial charge on any atom is -0.466 e. The van der Waals surface area contributed by atoms with Gasteiger partial charge in [-0.3, -0.25) is 9.59 Å². The lowest BCUT2D eigenvalue weighted by Gasteiger charge is -2.22. The van der Waals surface area contributed by atoms with Crippen molar-refractivity contribution in [2.24, 2.45) is 0 Å². The molecule has 464 valence electrons. The van der Waals surface area contributed by atoms with Crippen molar-refractivity contribution >= 4 is 11.9 Å². The predicted octanol–water partition coefficient (Wildman–Crippen LogP) is 22.9. The molecule has 0 aromatic rings. The molecule has 1 amide bonds. The Morgan fingerprint density at radius 1 is 0.354 bits per heavy atom. The lowest BCUT2D eigenvalue weighted by molar-refractivity contribution is -0.143. The summed E-state index contributed by atoms with van der Waals surface area (Å²) < 4.78 is 5.49. The van der Waals surface area contributed by atoms with Gasteiger partial charge >= 0.3 is 5.97 Å². The van der Waals surface area contributed by atoms with Crippen LogP contribution in [0.1, 0.15) is 380 Å². The minimum atomic E-state index is -0.664. The number of aliphatic hydroxyl groups excluding tert-OH is 2. The Morgan fingerprint density at radius 2 is 0.633 bits per heavy atom. The van der Waals surface area contributed by atoms with E-state index >= 15 is 0 Å². The van der Waals surface area contributed by atoms with E-state index < -0.39 is 12.1 Å². The van der Waals surface area contributed by atoms with Gasteiger partial charge < -0.3 is 20.3 Å². The maximum Gasteiger partial charge on any atom is 0.305 e. The first-order chi connectivity index (χ1) is 39.0. The van der Waals surface area contributed by atoms with Crippen LogP contribution in [-0.2, 0) is 14.3 Å². The number of amides is 1. The number of ether oxygens (including phenoxy) is 1. The Hall–Kier alpha value is -2.18. The molecule has 3 N–H and O–H groups in total. The van der Waals surface area contributed by atoms with Crippen molar-refractivity contribution in [2.45, 2.75) is 392 Å². The van der Waals surface area contributed by atoms with E-state index in [0.717, 1.165) is 57.8 Å². The molecule has 0 saturated carbocycles. The van der Waals surface area contributed by atoms with Crippen molar-refractivity contribution in [3.8, 4) is 0 Å². The van der Waals surface area contributed by atoms with Gasteiger partial charge in [0.25, 0.3) is 0 Å². The summed E-state index contributed by atoms with van der Waals surface area (Å²) in [6.07, 6.45) is 88.7. The molecule has 0 spiro atoms. The Labute approximate surface area is 493 Å². The van der Waals surface area contributed by atoms with Crippen molar-refractivity contribution in [2.75, 3.05) is 13.2 Å². The number of hydrogen-bond acceptors (Lipinski definition) is 5. The fourth-order valence-corrected chi connectivity index (χ4v) is 10.9. The van der Waals surface area contributed by atoms with Gasteiger partial charge in [0.2, 0.25) is 5.91 Å². The molecule has 0 rings (SSSR count). The van der Waals surface area contributed by atoms with E-state index in [9.17, 15) is 19.8 Å². The molecule has 0 aliphatic carbocycles. The summed E-state index contributed by atoms with van der Waals surface area (Å²) in [5.41, 5.74) is 0. The SMILES string of the molecule is CCCCCC/C=C\C/C=C\CCCCCCCC(=O)OCCCCCCCCCCC/C=C\C/C=C\CCCCCCCCCCCCCCCCCC(=O)NC(CO)C(O)CCCCCCCCCCCCCCCCC. The Kier molecular flexibility index (Phi) is 66.4. The maximum absolute atomic E-state index is 12.5. The third kappa shape index (κ3) is 64.8. The van der Waals surface area contributed by atoms with Gasteiger partial charge in [0.05, 0.1) is 25.4 Å². The van der Waals surface area contributed by atoms with E-state index in [2.05, 4.69) is 67.8 Å². The highest BCUT2D eigenvalue weighted by atomic mass is 16.5. The van der Waals surface area contributed by atoms with Crippen LogP contribution in [0.2, 0.25) is 0 Å². The second kappa shape index (κ2) is 68.3. The summed E-state index contributed by atoms with van der Waals surface area (Å²) in [7, 11) is 0. The fourth-order valence-electron chi connectivity index (χ4n) is 10.9. The topological polar surface area (TPSA) is 95.9 Å². The molecule has 6 heteroatoms. The van der Waals surface area contributed by atoms with Crippen LogP contribution in [0, 0.1) is 0 Å². The van der Waals surface area contributed by atoms with Crippen molar-refractivity contribution < 1.29 is 24.5 Å². The van der Waals surface area contributed by atoms with Gasteiger partial charge in [0.15, 0.2) is 0 Å². The maximum atomic E-state index is 12.5. The molecule has 0 radical (unpaired) electrons. The zero-order chi connectivity index (χ0) is 57.1. The Bertz CT molecular complexity index is 1320. The minimum absolute atomic E-state index is 0.000215. The zero-order valence-electron chi connectivity index (χ0n) is 53.1. The molecular formula is C73H137NO5. The van der Waals surface area contributed by atoms with E-state index in [-0.39, 0.29) is 18.5 Å². The monoisotopic (exact) mass is 1110 g/mol. The molecule has 0 bridgehead atoms. The van der Waals surface area contributed by atoms with Crippen LogP contribution in [0.25, 0.3) is 0 Å². The number of unbranched alkanes of at least 4 members (excludes halogenated alkanes) is 47. The lowest BCUT2D eigenvalue weighted by atomic mass is 10.0. The largest absolute Gasteiger partial charge is 0.466 e. The first-order valence-corrected chi connectivity index (χ1v) is 35.4. The number of allylic oxidation sites excluding steroid dienone is 8. The molecule has 0 aromatic carbocycles. The molecular weight excluding hydrogens is 971 g/mol. The molecule has 2 atom stereocenters. The highest BCUT2D eigenvalue weighted by Crippen LogP contribution is 2.18. The number of aliphatic hydroxyl groups is 2. The van der Waals surface area contributed by atoms with Crippen LogP contribution >= 0.6 is 0 Å². The van der Waals surface area contributed by atoms with Crippen molar-refractivity contribution in [1.82, 2.24) is 5.32 Å². The van der Waals surface area contributed by atoms with Crippen molar-refractivity contribution in [1.29, 1.82) is 0 Å². The second-order valence-corrected chi connectivity index (χ2v) is 24.2. The molecule has 0 aromatic heterocycles. The molecule has 79 heavy (non-hydrogen) atoms. The summed E-state index contributed by atoms with van der Waals surface area (Å²) in [6, 6.07) is -0.541. The van der Waals surface area contributed by atoms with E-state index in [1.807, 2.05) is 0 Å². The summed E-state index contributed by atoms with van der Waals surface area (Å²) in [5, 5.41) is 23.3. The van der Waals surface area contributed by atoms with Crippen molar-refractivity contribution in [3.63, 3.8) is 0 Å². The summed E-state index contributed by atoms with van der Waals surface area (Å²) in [5.74, 6) is -0.0326. The van der Waals surface area contributed by atoms with Gasteiger partial charge in [-0.25, -0.2) is 0 Å². The number of carbonyl (C=O) groups is 2. The molecule has 0 saturated heterocycles. The van der Waals surface area contributed by atoms with Crippen LogP contribution in [0.3, 0.4) is 0 Å². The molecule has 0 aliphatic heterocycles. The Balaban J connectivity index is 3.39. The lowest BCUT2D eigenvalue weighted by Crippen LogP contribution is -2.45. The van der Waals surface area contributed by atoms with Gasteiger partial charge in [-0.2, -0.15) is 0 Å². The first kappa shape index (κ1) is 76.8. The zero-order valence-corrected chi connectivity index (χ0v) is 53.1. The standard InChI is InChI=1S/C73H137NO5/c1-3-5-7-9-11-13-15-17-19-39-43-47-51-55-59-63-67-73(78)79-68-64-60-56-52-48-44-40-36-34-32-30-28-26-24-22-20-21-23-25-27-29-31-33-35-38-42-46-50-54-58-62-66-72(77)74-70(69-75)71(76)65-61-57-53-49-45-41-37-18-16-14-12-10-8-6-4-2/h13,15,19,22,24,28,30,39,70-71,75-76H,3-12,14,16-18,20-21,23,25-27,29,31-38,40-69H2,1-2H3,(H,74,77)/b15-13-,24-22-,30-28-,39-19-. The molecule has 2 unspecified atom stereocenters. The first-order valence-electron chi connectivity index (χ1n) is 35.4. The highest BCUT2D eigenvalue weighted by Gasteiger charge is 2.20. The quantitative estimate of drug-likeness (QED) is 0.0320. The third-order valence-electron chi connectivity index (χ3n) is 16.4. The summed E-state index contributed by atoms with van der Waals surface area (Å²) >= 11 is 0. The number of esters is 1. The summed E-state index contributed by atoms with van der Waals surface area (Å²) in [4.78, 5) is 24.6. The van der Waals surface area contributed by atoms with Crippen LogP contribution < -0.4 is 5.32 Å². The molecule has 6 nitrogen and oxygen atoms in total. The molecule has 0 fully saturated rings. The predicted molar refractivity (Wildman–Crippen MR) is 347 cm³/mol. The van der Waals surface area contributed by atoms with Gasteiger partial charge in [0.1, 0.15) is 0 Å². The van der Waals surface area contributed by atoms with Crippen LogP contribution in [0.4, 0.5) is 0 Å². The fraction of sp³-hybridized carbons (Fsp3) is 0.863. The van der Waals surface area contributed by atoms with E-state index in [4.69, 9.17) is 4.74 Å². The van der Waals surface area contributed by atoms with E-state index in [0.29, 0.717) is 25.9 Å². The van der Waals surface area contributed by atoms with Crippen molar-refractivity contribution in [3.05, 3.63) is 48.6 Å². The van der Waals surface area contributed by atoms with Gasteiger partial charge in [-0.1, -0.05) is 326 Å². The third-order valence-corrected chi connectivity index (χ3v) is 16.4. The highest BCUT2D eigenvalue weighted by molar-refractivity contribution is 5.76. The van der Waals surface area contributed by atoms with Crippen LogP contribution in [0.5, 0.6) is 0 Å². The Morgan fingerprint density at radius 3 is 0.975 bits per heavy atom.